The minimum absolute atomic E-state index is 1.06. The SMILES string of the molecule is N#CC(C#N)(N=O)ON=O. The van der Waals surface area contributed by atoms with Crippen LogP contribution in [0.15, 0.2) is 10.5 Å². The fraction of sp³-hybridized carbons (Fsp3) is 0.333. The number of rotatable bonds is 3. The van der Waals surface area contributed by atoms with Gasteiger partial charge in [-0.1, -0.05) is 0 Å². The van der Waals surface area contributed by atoms with Crippen molar-refractivity contribution in [1.82, 2.24) is 0 Å². The highest BCUT2D eigenvalue weighted by Crippen LogP contribution is 2.09. The largest absolute Gasteiger partial charge is 0.438 e. The molecule has 0 aliphatic carbocycles. The van der Waals surface area contributed by atoms with Crippen LogP contribution in [0.4, 0.5) is 0 Å². The Morgan fingerprint density at radius 3 is 1.90 bits per heavy atom. The Morgan fingerprint density at radius 2 is 1.80 bits per heavy atom. The Balaban J connectivity index is 4.54. The second kappa shape index (κ2) is 3.10. The molecule has 0 fully saturated rings. The van der Waals surface area contributed by atoms with Crippen LogP contribution in [-0.4, -0.2) is 5.72 Å². The summed E-state index contributed by atoms with van der Waals surface area (Å²) in [5.74, 6) is 0. The van der Waals surface area contributed by atoms with Crippen LogP contribution in [-0.2, 0) is 4.84 Å². The first-order valence-corrected chi connectivity index (χ1v) is 1.92. The van der Waals surface area contributed by atoms with Crippen molar-refractivity contribution in [2.24, 2.45) is 10.5 Å². The molecule has 0 saturated carbocycles. The molecular weight excluding hydrogens is 140 g/mol. The van der Waals surface area contributed by atoms with Crippen molar-refractivity contribution >= 4 is 0 Å². The molecule has 0 aromatic carbocycles. The summed E-state index contributed by atoms with van der Waals surface area (Å²) >= 11 is 0. The molecule has 0 bridgehead atoms. The molecule has 0 aliphatic rings. The van der Waals surface area contributed by atoms with Gasteiger partial charge in [-0.25, -0.2) is 0 Å². The van der Waals surface area contributed by atoms with Crippen LogP contribution in [0.3, 0.4) is 0 Å². The van der Waals surface area contributed by atoms with Crippen LogP contribution >= 0.6 is 0 Å². The molecule has 0 N–H and O–H groups in total. The van der Waals surface area contributed by atoms with Crippen molar-refractivity contribution in [2.45, 2.75) is 5.72 Å². The van der Waals surface area contributed by atoms with Gasteiger partial charge in [0.2, 0.25) is 0 Å². The standard InChI is InChI=1S/C3N4O3/c4-1-3(2-5,6-8)10-7-9. The molecule has 0 aliphatic heterocycles. The van der Waals surface area contributed by atoms with Crippen molar-refractivity contribution < 1.29 is 4.84 Å². The Bertz CT molecular complexity index is 209. The van der Waals surface area contributed by atoms with E-state index in [2.05, 4.69) is 4.84 Å². The number of hydrogen-bond donors (Lipinski definition) is 0. The number of hydrogen-bond acceptors (Lipinski definition) is 7. The van der Waals surface area contributed by atoms with E-state index in [0.29, 0.717) is 0 Å². The predicted octanol–water partition coefficient (Wildman–Crippen LogP) is 0.194. The molecule has 7 heteroatoms. The quantitative estimate of drug-likeness (QED) is 0.409. The van der Waals surface area contributed by atoms with Gasteiger partial charge in [-0.2, -0.15) is 10.5 Å². The molecule has 50 valence electrons. The highest BCUT2D eigenvalue weighted by atomic mass is 16.7. The van der Waals surface area contributed by atoms with Gasteiger partial charge in [-0.15, -0.1) is 9.81 Å². The van der Waals surface area contributed by atoms with Crippen molar-refractivity contribution in [3.8, 4) is 12.1 Å². The molecule has 0 radical (unpaired) electrons. The van der Waals surface area contributed by atoms with Gasteiger partial charge < -0.3 is 0 Å². The normalized spacial score (nSPS) is 8.60. The van der Waals surface area contributed by atoms with E-state index < -0.39 is 5.72 Å². The summed E-state index contributed by atoms with van der Waals surface area (Å²) in [6.45, 7) is 0. The van der Waals surface area contributed by atoms with Gasteiger partial charge in [-0.05, 0) is 0 Å². The second-order valence-electron chi connectivity index (χ2n) is 1.12. The Kier molecular flexibility index (Phi) is 2.47. The summed E-state index contributed by atoms with van der Waals surface area (Å²) in [4.78, 5) is 22.5. The van der Waals surface area contributed by atoms with E-state index in [9.17, 15) is 9.81 Å². The monoisotopic (exact) mass is 140 g/mol. The lowest BCUT2D eigenvalue weighted by molar-refractivity contribution is 0.0459. The number of nitrogens with zero attached hydrogens (tertiary/aromatic N) is 4. The van der Waals surface area contributed by atoms with E-state index in [1.165, 1.54) is 0 Å². The van der Waals surface area contributed by atoms with Crippen LogP contribution in [0.25, 0.3) is 0 Å². The highest BCUT2D eigenvalue weighted by Gasteiger charge is 2.35. The van der Waals surface area contributed by atoms with E-state index in [1.807, 2.05) is 5.18 Å². The van der Waals surface area contributed by atoms with E-state index >= 15 is 0 Å². The van der Waals surface area contributed by atoms with Gasteiger partial charge in [-0.3, -0.25) is 4.84 Å². The average Bonchev–Trinajstić information content (AvgIpc) is 2.01. The summed E-state index contributed by atoms with van der Waals surface area (Å²) < 4.78 is 0. The van der Waals surface area contributed by atoms with E-state index in [-0.39, 0.29) is 0 Å². The molecule has 0 spiro atoms. The third-order valence-corrected chi connectivity index (χ3v) is 0.601. The Hall–Kier alpha value is -2.02. The average molecular weight is 140 g/mol. The summed E-state index contributed by atoms with van der Waals surface area (Å²) in [6.07, 6.45) is 0. The van der Waals surface area contributed by atoms with Gasteiger partial charge in [0.25, 0.3) is 0 Å². The van der Waals surface area contributed by atoms with Crippen LogP contribution in [0, 0.1) is 32.5 Å². The van der Waals surface area contributed by atoms with E-state index in [1.54, 1.807) is 5.34 Å². The van der Waals surface area contributed by atoms with Gasteiger partial charge in [0, 0.05) is 5.18 Å². The molecule has 0 unspecified atom stereocenters. The van der Waals surface area contributed by atoms with Crippen molar-refractivity contribution in [1.29, 1.82) is 10.5 Å². The third kappa shape index (κ3) is 1.23. The van der Waals surface area contributed by atoms with Crippen LogP contribution < -0.4 is 0 Å². The van der Waals surface area contributed by atoms with E-state index in [0.717, 1.165) is 12.1 Å². The molecule has 0 aromatic rings. The first-order valence-electron chi connectivity index (χ1n) is 1.92. The Labute approximate surface area is 54.7 Å². The van der Waals surface area contributed by atoms with Crippen LogP contribution in [0.2, 0.25) is 0 Å². The summed E-state index contributed by atoms with van der Waals surface area (Å²) in [7, 11) is 0. The minimum Gasteiger partial charge on any atom is -0.298 e. The molecule has 0 atom stereocenters. The molecule has 7 nitrogen and oxygen atoms in total. The molecule has 0 amide bonds. The third-order valence-electron chi connectivity index (χ3n) is 0.601. The predicted molar refractivity (Wildman–Crippen MR) is 26.6 cm³/mol. The van der Waals surface area contributed by atoms with Crippen molar-refractivity contribution in [3.63, 3.8) is 0 Å². The van der Waals surface area contributed by atoms with Gasteiger partial charge in [0.1, 0.15) is 0 Å². The maximum atomic E-state index is 9.66. The molecule has 10 heavy (non-hydrogen) atoms. The maximum absolute atomic E-state index is 9.66. The zero-order valence-corrected chi connectivity index (χ0v) is 4.51. The molecule has 0 saturated heterocycles. The number of nitriles is 2. The summed E-state index contributed by atoms with van der Waals surface area (Å²) in [5.41, 5.74) is -2.62. The Morgan fingerprint density at radius 1 is 1.30 bits per heavy atom. The van der Waals surface area contributed by atoms with E-state index in [4.69, 9.17) is 10.5 Å². The van der Waals surface area contributed by atoms with Crippen LogP contribution in [0.5, 0.6) is 0 Å². The lowest BCUT2D eigenvalue weighted by atomic mass is 10.3. The smallest absolute Gasteiger partial charge is 0.298 e. The lowest BCUT2D eigenvalue weighted by Gasteiger charge is -2.00. The summed E-state index contributed by atoms with van der Waals surface area (Å²) in [5, 5.41) is 19.7. The fourth-order valence-corrected chi connectivity index (χ4v) is 0.177. The molecule has 0 rings (SSSR count). The van der Waals surface area contributed by atoms with Gasteiger partial charge >= 0.3 is 5.72 Å². The van der Waals surface area contributed by atoms with Gasteiger partial charge in [0.15, 0.2) is 17.5 Å². The molecular formula is C3N4O3. The van der Waals surface area contributed by atoms with Crippen molar-refractivity contribution in [2.75, 3.05) is 0 Å². The highest BCUT2D eigenvalue weighted by molar-refractivity contribution is 5.15. The lowest BCUT2D eigenvalue weighted by Crippen LogP contribution is -2.22. The second-order valence-corrected chi connectivity index (χ2v) is 1.12. The molecule has 0 heterocycles. The fourth-order valence-electron chi connectivity index (χ4n) is 0.177. The summed E-state index contributed by atoms with van der Waals surface area (Å²) in [6, 6.07) is 2.12. The first kappa shape index (κ1) is 7.98. The minimum atomic E-state index is -2.62. The molecule has 0 aromatic heterocycles. The van der Waals surface area contributed by atoms with Gasteiger partial charge in [0.05, 0.1) is 0 Å². The zero-order valence-electron chi connectivity index (χ0n) is 4.51. The first-order chi connectivity index (χ1) is 4.74. The van der Waals surface area contributed by atoms with Crippen molar-refractivity contribution in [3.05, 3.63) is 9.81 Å². The zero-order chi connectivity index (χ0) is 8.04. The maximum Gasteiger partial charge on any atom is 0.438 e. The van der Waals surface area contributed by atoms with Crippen LogP contribution in [0.1, 0.15) is 0 Å². The number of nitroso groups, excluding NO2 is 1. The topological polar surface area (TPSA) is 116 Å².